The molecule has 1 aliphatic carbocycles. The number of nitrogens with one attached hydrogen (secondary N) is 1. The minimum atomic E-state index is -0.694. The summed E-state index contributed by atoms with van der Waals surface area (Å²) in [5.41, 5.74) is 2.04. The molecule has 2 amide bonds. The minimum absolute atomic E-state index is 0.0453. The first-order valence-corrected chi connectivity index (χ1v) is 10.8. The van der Waals surface area contributed by atoms with Crippen LogP contribution < -0.4 is 15.0 Å². The zero-order chi connectivity index (χ0) is 19.7. The van der Waals surface area contributed by atoms with Crippen molar-refractivity contribution in [3.63, 3.8) is 0 Å². The highest BCUT2D eigenvalue weighted by atomic mass is 32.1. The van der Waals surface area contributed by atoms with Gasteiger partial charge in [-0.05, 0) is 55.4 Å². The fraction of sp³-hybridized carbons (Fsp3) is 0.455. The summed E-state index contributed by atoms with van der Waals surface area (Å²) in [7, 11) is 0. The molecule has 2 heterocycles. The van der Waals surface area contributed by atoms with Gasteiger partial charge in [0.1, 0.15) is 5.75 Å². The standard InChI is InChI=1S/C22H26N2O3S/c1-3-10-23-21(25)18-13-24(16-6-4-5-7-17(16)27-18)22(26)20-12-15-11-14(2)8-9-19(15)28-20/h4-7,12,14,18H,3,8-11,13H2,1-2H3,(H,23,25)/t14-,18-/m1/s1. The molecule has 0 spiro atoms. The maximum absolute atomic E-state index is 13.4. The van der Waals surface area contributed by atoms with Crippen molar-refractivity contribution in [2.75, 3.05) is 18.0 Å². The summed E-state index contributed by atoms with van der Waals surface area (Å²) in [6, 6.07) is 9.50. The third-order valence-electron chi connectivity index (χ3n) is 5.40. The van der Waals surface area contributed by atoms with Crippen molar-refractivity contribution in [2.45, 2.75) is 45.6 Å². The lowest BCUT2D eigenvalue weighted by Gasteiger charge is -2.34. The summed E-state index contributed by atoms with van der Waals surface area (Å²) >= 11 is 1.60. The number of nitrogens with zero attached hydrogens (tertiary/aromatic N) is 1. The van der Waals surface area contributed by atoms with Crippen molar-refractivity contribution in [3.05, 3.63) is 45.6 Å². The van der Waals surface area contributed by atoms with Crippen molar-refractivity contribution >= 4 is 28.8 Å². The number of thiophene rings is 1. The molecule has 6 heteroatoms. The lowest BCUT2D eigenvalue weighted by molar-refractivity contribution is -0.127. The number of aryl methyl sites for hydroxylation is 1. The fourth-order valence-corrected chi connectivity index (χ4v) is 5.03. The molecular weight excluding hydrogens is 372 g/mol. The third kappa shape index (κ3) is 3.65. The monoisotopic (exact) mass is 398 g/mol. The van der Waals surface area contributed by atoms with Gasteiger partial charge in [-0.25, -0.2) is 0 Å². The Morgan fingerprint density at radius 3 is 2.96 bits per heavy atom. The molecule has 28 heavy (non-hydrogen) atoms. The van der Waals surface area contributed by atoms with Gasteiger partial charge in [-0.15, -0.1) is 11.3 Å². The second-order valence-electron chi connectivity index (χ2n) is 7.69. The lowest BCUT2D eigenvalue weighted by atomic mass is 9.90. The number of hydrogen-bond donors (Lipinski definition) is 1. The number of hydrogen-bond acceptors (Lipinski definition) is 4. The predicted molar refractivity (Wildman–Crippen MR) is 111 cm³/mol. The van der Waals surface area contributed by atoms with Gasteiger partial charge in [-0.1, -0.05) is 26.0 Å². The smallest absolute Gasteiger partial charge is 0.268 e. The maximum Gasteiger partial charge on any atom is 0.268 e. The van der Waals surface area contributed by atoms with Crippen LogP contribution in [0.3, 0.4) is 0 Å². The van der Waals surface area contributed by atoms with E-state index in [1.54, 1.807) is 16.2 Å². The Morgan fingerprint density at radius 2 is 2.14 bits per heavy atom. The van der Waals surface area contributed by atoms with E-state index < -0.39 is 6.10 Å². The van der Waals surface area contributed by atoms with Crippen molar-refractivity contribution < 1.29 is 14.3 Å². The van der Waals surface area contributed by atoms with Crippen molar-refractivity contribution in [3.8, 4) is 5.75 Å². The van der Waals surface area contributed by atoms with Gasteiger partial charge in [0, 0.05) is 11.4 Å². The molecule has 1 aromatic carbocycles. The largest absolute Gasteiger partial charge is 0.477 e. The van der Waals surface area contributed by atoms with Crippen LogP contribution in [0.2, 0.25) is 0 Å². The number of carbonyl (C=O) groups excluding carboxylic acids is 2. The zero-order valence-corrected chi connectivity index (χ0v) is 17.2. The molecule has 1 aliphatic heterocycles. The third-order valence-corrected chi connectivity index (χ3v) is 6.63. The maximum atomic E-state index is 13.4. The highest BCUT2D eigenvalue weighted by molar-refractivity contribution is 7.14. The number of ether oxygens (including phenoxy) is 1. The van der Waals surface area contributed by atoms with Crippen LogP contribution in [0.5, 0.6) is 5.75 Å². The Balaban J connectivity index is 1.62. The number of benzene rings is 1. The Bertz CT molecular complexity index is 892. The first-order chi connectivity index (χ1) is 13.6. The van der Waals surface area contributed by atoms with Crippen molar-refractivity contribution in [1.29, 1.82) is 0 Å². The van der Waals surface area contributed by atoms with Crippen LogP contribution in [-0.4, -0.2) is 31.0 Å². The molecule has 0 bridgehead atoms. The summed E-state index contributed by atoms with van der Waals surface area (Å²) in [6.45, 7) is 5.10. The van der Waals surface area contributed by atoms with Gasteiger partial charge in [-0.2, -0.15) is 0 Å². The van der Waals surface area contributed by atoms with Crippen molar-refractivity contribution in [1.82, 2.24) is 5.32 Å². The number of para-hydroxylation sites is 2. The van der Waals surface area contributed by atoms with Gasteiger partial charge in [0.25, 0.3) is 11.8 Å². The minimum Gasteiger partial charge on any atom is -0.477 e. The Labute approximate surface area is 169 Å². The molecule has 0 radical (unpaired) electrons. The zero-order valence-electron chi connectivity index (χ0n) is 16.4. The van der Waals surface area contributed by atoms with E-state index in [1.165, 1.54) is 16.9 Å². The molecule has 0 fully saturated rings. The normalized spacial score (nSPS) is 20.7. The lowest BCUT2D eigenvalue weighted by Crippen LogP contribution is -2.50. The Morgan fingerprint density at radius 1 is 1.32 bits per heavy atom. The highest BCUT2D eigenvalue weighted by Crippen LogP contribution is 2.37. The molecule has 4 rings (SSSR count). The molecule has 2 aliphatic rings. The van der Waals surface area contributed by atoms with Crippen molar-refractivity contribution in [2.24, 2.45) is 5.92 Å². The van der Waals surface area contributed by atoms with E-state index in [4.69, 9.17) is 4.74 Å². The van der Waals surface area contributed by atoms with Crippen LogP contribution in [0.4, 0.5) is 5.69 Å². The number of carbonyl (C=O) groups is 2. The number of anilines is 1. The molecule has 1 aromatic heterocycles. The first kappa shape index (κ1) is 19.0. The van der Waals surface area contributed by atoms with Crippen LogP contribution in [0.15, 0.2) is 30.3 Å². The van der Waals surface area contributed by atoms with Crippen LogP contribution in [0.25, 0.3) is 0 Å². The molecule has 5 nitrogen and oxygen atoms in total. The first-order valence-electron chi connectivity index (χ1n) is 10.0. The topological polar surface area (TPSA) is 58.6 Å². The second-order valence-corrected chi connectivity index (χ2v) is 8.82. The molecule has 1 N–H and O–H groups in total. The average molecular weight is 399 g/mol. The number of fused-ring (bicyclic) bond motifs is 2. The molecule has 0 unspecified atom stereocenters. The summed E-state index contributed by atoms with van der Waals surface area (Å²) in [6.07, 6.45) is 3.44. The van der Waals surface area contributed by atoms with E-state index in [9.17, 15) is 9.59 Å². The van der Waals surface area contributed by atoms with Gasteiger partial charge in [0.15, 0.2) is 6.10 Å². The number of rotatable bonds is 4. The van der Waals surface area contributed by atoms with Crippen LogP contribution in [0.1, 0.15) is 46.8 Å². The van der Waals surface area contributed by atoms with Crippen LogP contribution in [-0.2, 0) is 17.6 Å². The molecule has 2 atom stereocenters. The van der Waals surface area contributed by atoms with E-state index in [2.05, 4.69) is 18.3 Å². The number of amides is 2. The van der Waals surface area contributed by atoms with Crippen LogP contribution in [0, 0.1) is 5.92 Å². The predicted octanol–water partition coefficient (Wildman–Crippen LogP) is 3.81. The molecule has 0 saturated heterocycles. The van der Waals surface area contributed by atoms with E-state index in [-0.39, 0.29) is 18.4 Å². The average Bonchev–Trinajstić information content (AvgIpc) is 3.13. The molecule has 0 saturated carbocycles. The molecule has 148 valence electrons. The molecular formula is C22H26N2O3S. The Hall–Kier alpha value is -2.34. The molecule has 2 aromatic rings. The highest BCUT2D eigenvalue weighted by Gasteiger charge is 2.35. The van der Waals surface area contributed by atoms with E-state index in [0.717, 1.165) is 29.8 Å². The summed E-state index contributed by atoms with van der Waals surface area (Å²) in [5, 5.41) is 2.88. The van der Waals surface area contributed by atoms with E-state index in [1.807, 2.05) is 31.2 Å². The van der Waals surface area contributed by atoms with E-state index >= 15 is 0 Å². The fourth-order valence-electron chi connectivity index (χ4n) is 3.87. The van der Waals surface area contributed by atoms with Crippen LogP contribution >= 0.6 is 11.3 Å². The SMILES string of the molecule is CCCNC(=O)[C@H]1CN(C(=O)c2cc3c(s2)CC[C@@H](C)C3)c2ccccc2O1. The van der Waals surface area contributed by atoms with Gasteiger partial charge in [0.2, 0.25) is 0 Å². The summed E-state index contributed by atoms with van der Waals surface area (Å²) in [5.74, 6) is 1.03. The van der Waals surface area contributed by atoms with Gasteiger partial charge in [0.05, 0.1) is 17.1 Å². The van der Waals surface area contributed by atoms with E-state index in [0.29, 0.717) is 18.2 Å². The summed E-state index contributed by atoms with van der Waals surface area (Å²) < 4.78 is 5.90. The van der Waals surface area contributed by atoms with Gasteiger partial charge in [-0.3, -0.25) is 14.5 Å². The van der Waals surface area contributed by atoms with Gasteiger partial charge < -0.3 is 10.1 Å². The summed E-state index contributed by atoms with van der Waals surface area (Å²) in [4.78, 5) is 29.7. The Kier molecular flexibility index (Phi) is 5.40. The quantitative estimate of drug-likeness (QED) is 0.852. The second kappa shape index (κ2) is 7.95. The van der Waals surface area contributed by atoms with Gasteiger partial charge >= 0.3 is 0 Å².